The van der Waals surface area contributed by atoms with Crippen LogP contribution >= 0.6 is 15.9 Å². The van der Waals surface area contributed by atoms with Crippen LogP contribution in [0, 0.1) is 5.92 Å². The summed E-state index contributed by atoms with van der Waals surface area (Å²) in [6.07, 6.45) is -1.74. The fourth-order valence-corrected chi connectivity index (χ4v) is 2.76. The lowest BCUT2D eigenvalue weighted by Gasteiger charge is -2.24. The molecular weight excluding hydrogens is 307 g/mol. The number of hydrogen-bond acceptors (Lipinski definition) is 1. The van der Waals surface area contributed by atoms with E-state index in [-0.39, 0.29) is 0 Å². The molecule has 1 heterocycles. The lowest BCUT2D eigenvalue weighted by atomic mass is 9.90. The average molecular weight is 322 g/mol. The van der Waals surface area contributed by atoms with Gasteiger partial charge in [-0.3, -0.25) is 0 Å². The van der Waals surface area contributed by atoms with Crippen molar-refractivity contribution in [2.24, 2.45) is 5.92 Å². The normalized spacial score (nSPS) is 21.0. The van der Waals surface area contributed by atoms with E-state index in [9.17, 15) is 13.2 Å². The summed E-state index contributed by atoms with van der Waals surface area (Å²) in [5.41, 5.74) is -0.109. The highest BCUT2D eigenvalue weighted by Crippen LogP contribution is 2.35. The standard InChI is InChI=1S/C13H15BrF3N/c14-11-4-3-10(12(7-11)13(15,16)17)6-9-2-1-5-18-8-9/h3-4,7,9,18H,1-2,5-6,8H2. The first-order chi connectivity index (χ1) is 8.47. The molecule has 18 heavy (non-hydrogen) atoms. The van der Waals surface area contributed by atoms with Crippen molar-refractivity contribution in [1.82, 2.24) is 5.32 Å². The van der Waals surface area contributed by atoms with Gasteiger partial charge >= 0.3 is 6.18 Å². The number of halogens is 4. The van der Waals surface area contributed by atoms with Gasteiger partial charge in [0.25, 0.3) is 0 Å². The van der Waals surface area contributed by atoms with E-state index in [1.54, 1.807) is 12.1 Å². The van der Waals surface area contributed by atoms with E-state index in [1.807, 2.05) is 0 Å². The van der Waals surface area contributed by atoms with Crippen LogP contribution in [-0.2, 0) is 12.6 Å². The number of rotatable bonds is 2. The number of hydrogen-bond donors (Lipinski definition) is 1. The Hall–Kier alpha value is -0.550. The summed E-state index contributed by atoms with van der Waals surface area (Å²) in [7, 11) is 0. The van der Waals surface area contributed by atoms with Gasteiger partial charge in [0.05, 0.1) is 5.56 Å². The molecule has 1 aromatic carbocycles. The van der Waals surface area contributed by atoms with Crippen molar-refractivity contribution in [3.63, 3.8) is 0 Å². The van der Waals surface area contributed by atoms with Crippen LogP contribution in [0.25, 0.3) is 0 Å². The summed E-state index contributed by atoms with van der Waals surface area (Å²) in [5, 5.41) is 3.23. The monoisotopic (exact) mass is 321 g/mol. The SMILES string of the molecule is FC(F)(F)c1cc(Br)ccc1CC1CCCNC1. The molecule has 1 fully saturated rings. The predicted molar refractivity (Wildman–Crippen MR) is 68.4 cm³/mol. The van der Waals surface area contributed by atoms with Gasteiger partial charge in [0.15, 0.2) is 0 Å². The van der Waals surface area contributed by atoms with Gasteiger partial charge in [-0.25, -0.2) is 0 Å². The topological polar surface area (TPSA) is 12.0 Å². The van der Waals surface area contributed by atoms with Crippen molar-refractivity contribution in [2.75, 3.05) is 13.1 Å². The molecule has 0 amide bonds. The molecule has 0 radical (unpaired) electrons. The number of benzene rings is 1. The Morgan fingerprint density at radius 1 is 1.33 bits per heavy atom. The van der Waals surface area contributed by atoms with Crippen molar-refractivity contribution in [2.45, 2.75) is 25.4 Å². The minimum Gasteiger partial charge on any atom is -0.316 e. The molecule has 1 N–H and O–H groups in total. The maximum Gasteiger partial charge on any atom is 0.416 e. The van der Waals surface area contributed by atoms with Gasteiger partial charge < -0.3 is 5.32 Å². The van der Waals surface area contributed by atoms with Crippen molar-refractivity contribution in [3.05, 3.63) is 33.8 Å². The van der Waals surface area contributed by atoms with Gasteiger partial charge in [0.2, 0.25) is 0 Å². The highest BCUT2D eigenvalue weighted by atomic mass is 79.9. The van der Waals surface area contributed by atoms with E-state index in [4.69, 9.17) is 0 Å². The Balaban J connectivity index is 2.21. The zero-order valence-electron chi connectivity index (χ0n) is 9.86. The quantitative estimate of drug-likeness (QED) is 0.867. The van der Waals surface area contributed by atoms with Crippen LogP contribution in [0.3, 0.4) is 0 Å². The summed E-state index contributed by atoms with van der Waals surface area (Å²) in [6, 6.07) is 4.44. The Bertz CT molecular complexity index is 411. The van der Waals surface area contributed by atoms with Crippen molar-refractivity contribution >= 4 is 15.9 Å². The lowest BCUT2D eigenvalue weighted by Crippen LogP contribution is -2.31. The van der Waals surface area contributed by atoms with Crippen LogP contribution < -0.4 is 5.32 Å². The van der Waals surface area contributed by atoms with Crippen LogP contribution in [0.5, 0.6) is 0 Å². The third-order valence-electron chi connectivity index (χ3n) is 3.28. The van der Waals surface area contributed by atoms with Crippen molar-refractivity contribution < 1.29 is 13.2 Å². The first kappa shape index (κ1) is 13.9. The van der Waals surface area contributed by atoms with E-state index in [0.29, 0.717) is 22.4 Å². The van der Waals surface area contributed by atoms with E-state index in [0.717, 1.165) is 25.9 Å². The van der Waals surface area contributed by atoms with E-state index >= 15 is 0 Å². The van der Waals surface area contributed by atoms with Crippen LogP contribution in [0.4, 0.5) is 13.2 Å². The zero-order valence-corrected chi connectivity index (χ0v) is 11.4. The van der Waals surface area contributed by atoms with Gasteiger partial charge in [-0.05, 0) is 56.0 Å². The molecule has 2 rings (SSSR count). The number of piperidine rings is 1. The second kappa shape index (κ2) is 5.61. The van der Waals surface area contributed by atoms with E-state index < -0.39 is 11.7 Å². The second-order valence-electron chi connectivity index (χ2n) is 4.72. The molecule has 1 unspecified atom stereocenters. The van der Waals surface area contributed by atoms with Crippen LogP contribution in [0.1, 0.15) is 24.0 Å². The molecule has 0 aliphatic carbocycles. The largest absolute Gasteiger partial charge is 0.416 e. The zero-order chi connectivity index (χ0) is 13.2. The number of alkyl halides is 3. The molecule has 1 aliphatic rings. The lowest BCUT2D eigenvalue weighted by molar-refractivity contribution is -0.138. The summed E-state index contributed by atoms with van der Waals surface area (Å²) in [6.45, 7) is 1.79. The minimum atomic E-state index is -4.28. The maximum atomic E-state index is 12.9. The molecule has 100 valence electrons. The molecule has 0 saturated carbocycles. The predicted octanol–water partition coefficient (Wildman–Crippen LogP) is 4.01. The fraction of sp³-hybridized carbons (Fsp3) is 0.538. The molecular formula is C13H15BrF3N. The van der Waals surface area contributed by atoms with Crippen LogP contribution in [0.2, 0.25) is 0 Å². The molecule has 5 heteroatoms. The molecule has 1 nitrogen and oxygen atoms in total. The van der Waals surface area contributed by atoms with Gasteiger partial charge in [0, 0.05) is 4.47 Å². The second-order valence-corrected chi connectivity index (χ2v) is 5.63. The highest BCUT2D eigenvalue weighted by molar-refractivity contribution is 9.10. The summed E-state index contributed by atoms with van der Waals surface area (Å²) in [5.74, 6) is 0.307. The Kier molecular flexibility index (Phi) is 4.33. The van der Waals surface area contributed by atoms with Gasteiger partial charge in [-0.15, -0.1) is 0 Å². The third kappa shape index (κ3) is 3.48. The van der Waals surface area contributed by atoms with Crippen LogP contribution in [0.15, 0.2) is 22.7 Å². The van der Waals surface area contributed by atoms with Crippen molar-refractivity contribution in [3.8, 4) is 0 Å². The Labute approximate surface area is 113 Å². The first-order valence-corrected chi connectivity index (χ1v) is 6.82. The van der Waals surface area contributed by atoms with Gasteiger partial charge in [-0.1, -0.05) is 22.0 Å². The maximum absolute atomic E-state index is 12.9. The van der Waals surface area contributed by atoms with Crippen LogP contribution in [-0.4, -0.2) is 13.1 Å². The summed E-state index contributed by atoms with van der Waals surface area (Å²) in [4.78, 5) is 0. The fourth-order valence-electron chi connectivity index (χ4n) is 2.40. The highest BCUT2D eigenvalue weighted by Gasteiger charge is 2.34. The Morgan fingerprint density at radius 3 is 2.72 bits per heavy atom. The Morgan fingerprint density at radius 2 is 2.11 bits per heavy atom. The molecule has 1 aliphatic heterocycles. The molecule has 0 spiro atoms. The average Bonchev–Trinajstić information content (AvgIpc) is 2.31. The van der Waals surface area contributed by atoms with Gasteiger partial charge in [0.1, 0.15) is 0 Å². The first-order valence-electron chi connectivity index (χ1n) is 6.03. The van der Waals surface area contributed by atoms with Gasteiger partial charge in [-0.2, -0.15) is 13.2 Å². The third-order valence-corrected chi connectivity index (χ3v) is 3.78. The van der Waals surface area contributed by atoms with Crippen molar-refractivity contribution in [1.29, 1.82) is 0 Å². The summed E-state index contributed by atoms with van der Waals surface area (Å²) >= 11 is 3.10. The summed E-state index contributed by atoms with van der Waals surface area (Å²) < 4.78 is 39.3. The number of nitrogens with one attached hydrogen (secondary N) is 1. The minimum absolute atomic E-state index is 0.307. The molecule has 1 atom stereocenters. The van der Waals surface area contributed by atoms with E-state index in [1.165, 1.54) is 6.07 Å². The molecule has 0 aromatic heterocycles. The smallest absolute Gasteiger partial charge is 0.316 e. The van der Waals surface area contributed by atoms with E-state index in [2.05, 4.69) is 21.2 Å². The molecule has 1 aromatic rings. The molecule has 1 saturated heterocycles. The molecule has 0 bridgehead atoms.